The number of benzene rings is 1. The summed E-state index contributed by atoms with van der Waals surface area (Å²) >= 11 is 2.99. The minimum Gasteiger partial charge on any atom is -0.493 e. The fraction of sp³-hybridized carbons (Fsp3) is 0.435. The molecule has 0 spiro atoms. The number of carbonyl (C=O) groups is 1. The minimum absolute atomic E-state index is 0.0858. The Labute approximate surface area is 206 Å². The molecule has 5 rings (SSSR count). The summed E-state index contributed by atoms with van der Waals surface area (Å²) in [5.74, 6) is 1.40. The summed E-state index contributed by atoms with van der Waals surface area (Å²) in [7, 11) is 3.22. The van der Waals surface area contributed by atoms with E-state index in [0.29, 0.717) is 29.1 Å². The summed E-state index contributed by atoms with van der Waals surface area (Å²) in [4.78, 5) is 14.5. The van der Waals surface area contributed by atoms with Crippen molar-refractivity contribution in [2.24, 2.45) is 5.10 Å². The zero-order chi connectivity index (χ0) is 23.5. The average Bonchev–Trinajstić information content (AvgIpc) is 3.68. The van der Waals surface area contributed by atoms with Gasteiger partial charge in [-0.1, -0.05) is 36.7 Å². The number of aromatic nitrogens is 4. The Balaban J connectivity index is 1.37. The number of methoxy groups -OCH3 is 2. The second-order valence-electron chi connectivity index (χ2n) is 8.23. The fourth-order valence-corrected chi connectivity index (χ4v) is 6.02. The zero-order valence-electron chi connectivity index (χ0n) is 19.1. The molecule has 34 heavy (non-hydrogen) atoms. The molecule has 9 nitrogen and oxygen atoms in total. The second kappa shape index (κ2) is 10.1. The third-order valence-corrected chi connectivity index (χ3v) is 8.06. The van der Waals surface area contributed by atoms with E-state index in [2.05, 4.69) is 15.5 Å². The Morgan fingerprint density at radius 2 is 2.00 bits per heavy atom. The maximum absolute atomic E-state index is 13.4. The van der Waals surface area contributed by atoms with Crippen molar-refractivity contribution in [1.29, 1.82) is 0 Å². The maximum atomic E-state index is 13.4. The molecule has 1 amide bonds. The van der Waals surface area contributed by atoms with Gasteiger partial charge in [0.15, 0.2) is 11.5 Å². The van der Waals surface area contributed by atoms with Crippen LogP contribution in [0.2, 0.25) is 0 Å². The van der Waals surface area contributed by atoms with Gasteiger partial charge in [0.05, 0.1) is 42.6 Å². The van der Waals surface area contributed by atoms with Crippen LogP contribution in [0.25, 0.3) is 0 Å². The highest BCUT2D eigenvalue weighted by atomic mass is 32.2. The highest BCUT2D eigenvalue weighted by molar-refractivity contribution is 7.99. The van der Waals surface area contributed by atoms with Gasteiger partial charge in [-0.15, -0.1) is 16.4 Å². The molecule has 1 aliphatic carbocycles. The summed E-state index contributed by atoms with van der Waals surface area (Å²) in [6, 6.07) is 9.88. The van der Waals surface area contributed by atoms with Gasteiger partial charge in [0.2, 0.25) is 5.16 Å². The zero-order valence-corrected chi connectivity index (χ0v) is 20.7. The van der Waals surface area contributed by atoms with Crippen molar-refractivity contribution in [3.8, 4) is 11.5 Å². The van der Waals surface area contributed by atoms with E-state index in [1.54, 1.807) is 30.6 Å². The molecule has 0 bridgehead atoms. The molecule has 0 radical (unpaired) electrons. The van der Waals surface area contributed by atoms with E-state index < -0.39 is 0 Å². The minimum atomic E-state index is -0.226. The van der Waals surface area contributed by atoms with E-state index in [-0.39, 0.29) is 17.7 Å². The Hall–Kier alpha value is -2.92. The molecule has 0 N–H and O–H groups in total. The van der Waals surface area contributed by atoms with Gasteiger partial charge in [-0.3, -0.25) is 4.79 Å². The van der Waals surface area contributed by atoms with Gasteiger partial charge in [0.1, 0.15) is 0 Å². The Morgan fingerprint density at radius 1 is 1.18 bits per heavy atom. The third kappa shape index (κ3) is 4.54. The van der Waals surface area contributed by atoms with Crippen LogP contribution in [0.5, 0.6) is 11.5 Å². The summed E-state index contributed by atoms with van der Waals surface area (Å²) in [6.07, 6.45) is 5.17. The number of hydrogen-bond acceptors (Lipinski definition) is 9. The van der Waals surface area contributed by atoms with Crippen LogP contribution >= 0.6 is 23.1 Å². The summed E-state index contributed by atoms with van der Waals surface area (Å²) in [5.41, 5.74) is 1.85. The monoisotopic (exact) mass is 498 g/mol. The Kier molecular flexibility index (Phi) is 6.82. The van der Waals surface area contributed by atoms with Crippen molar-refractivity contribution in [1.82, 2.24) is 25.2 Å². The van der Waals surface area contributed by atoms with Crippen LogP contribution in [-0.4, -0.2) is 56.8 Å². The SMILES string of the molecule is COc1ccc(C2CC(c3cccs3)=NN2C(=O)CSc2nnnn2C2CCCC2)cc1OC. The topological polar surface area (TPSA) is 94.7 Å². The van der Waals surface area contributed by atoms with Gasteiger partial charge in [-0.05, 0) is 52.4 Å². The number of thioether (sulfide) groups is 1. The molecule has 1 saturated carbocycles. The number of nitrogens with zero attached hydrogens (tertiary/aromatic N) is 6. The molecular weight excluding hydrogens is 472 g/mol. The number of ether oxygens (including phenoxy) is 2. The standard InChI is InChI=1S/C23H26N6O3S2/c1-31-19-10-9-15(12-20(19)32-2)18-13-17(21-8-5-11-33-21)25-29(18)22(30)14-34-23-24-26-27-28(23)16-6-3-4-7-16/h5,8-12,16,18H,3-4,6-7,13-14H2,1-2H3. The predicted octanol–water partition coefficient (Wildman–Crippen LogP) is 4.34. The maximum Gasteiger partial charge on any atom is 0.253 e. The number of carbonyl (C=O) groups excluding carboxylic acids is 1. The summed E-state index contributed by atoms with van der Waals surface area (Å²) in [6.45, 7) is 0. The molecule has 1 aliphatic heterocycles. The normalized spacial score (nSPS) is 18.4. The molecular formula is C23H26N6O3S2. The molecule has 3 aromatic rings. The van der Waals surface area contributed by atoms with Crippen LogP contribution in [0, 0.1) is 0 Å². The molecule has 2 aliphatic rings. The molecule has 0 saturated heterocycles. The van der Waals surface area contributed by atoms with E-state index in [1.165, 1.54) is 24.6 Å². The third-order valence-electron chi connectivity index (χ3n) is 6.22. The van der Waals surface area contributed by atoms with Gasteiger partial charge in [0.25, 0.3) is 5.91 Å². The Morgan fingerprint density at radius 3 is 2.74 bits per heavy atom. The van der Waals surface area contributed by atoms with Gasteiger partial charge in [-0.25, -0.2) is 9.69 Å². The number of rotatable bonds is 8. The fourth-order valence-electron chi connectivity index (χ4n) is 4.50. The van der Waals surface area contributed by atoms with Crippen molar-refractivity contribution in [2.75, 3.05) is 20.0 Å². The molecule has 3 heterocycles. The van der Waals surface area contributed by atoms with Crippen LogP contribution in [-0.2, 0) is 4.79 Å². The molecule has 2 aromatic heterocycles. The van der Waals surface area contributed by atoms with Crippen LogP contribution in [0.3, 0.4) is 0 Å². The van der Waals surface area contributed by atoms with E-state index >= 15 is 0 Å². The first-order valence-electron chi connectivity index (χ1n) is 11.2. The van der Waals surface area contributed by atoms with Crippen molar-refractivity contribution in [2.45, 2.75) is 49.3 Å². The van der Waals surface area contributed by atoms with E-state index in [9.17, 15) is 4.79 Å². The van der Waals surface area contributed by atoms with Crippen molar-refractivity contribution in [3.05, 3.63) is 46.2 Å². The lowest BCUT2D eigenvalue weighted by atomic mass is 10.0. The van der Waals surface area contributed by atoms with Crippen LogP contribution in [0.4, 0.5) is 0 Å². The second-order valence-corrected chi connectivity index (χ2v) is 10.1. The molecule has 178 valence electrons. The molecule has 1 aromatic carbocycles. The van der Waals surface area contributed by atoms with Gasteiger partial charge >= 0.3 is 0 Å². The number of tetrazole rings is 1. The van der Waals surface area contributed by atoms with Crippen molar-refractivity contribution in [3.63, 3.8) is 0 Å². The van der Waals surface area contributed by atoms with Gasteiger partial charge < -0.3 is 9.47 Å². The number of hydrazone groups is 1. The average molecular weight is 499 g/mol. The number of thiophene rings is 1. The van der Waals surface area contributed by atoms with Crippen LogP contribution in [0.1, 0.15) is 54.6 Å². The van der Waals surface area contributed by atoms with E-state index in [0.717, 1.165) is 29.0 Å². The summed E-state index contributed by atoms with van der Waals surface area (Å²) < 4.78 is 12.8. The largest absolute Gasteiger partial charge is 0.493 e. The number of hydrogen-bond donors (Lipinski definition) is 0. The quantitative estimate of drug-likeness (QED) is 0.427. The lowest BCUT2D eigenvalue weighted by molar-refractivity contribution is -0.130. The molecule has 11 heteroatoms. The lowest BCUT2D eigenvalue weighted by Crippen LogP contribution is -2.28. The lowest BCUT2D eigenvalue weighted by Gasteiger charge is -2.23. The first kappa shape index (κ1) is 22.9. The van der Waals surface area contributed by atoms with E-state index in [1.807, 2.05) is 40.4 Å². The number of amides is 1. The first-order valence-corrected chi connectivity index (χ1v) is 13.1. The van der Waals surface area contributed by atoms with Crippen molar-refractivity contribution < 1.29 is 14.3 Å². The van der Waals surface area contributed by atoms with Gasteiger partial charge in [0, 0.05) is 6.42 Å². The highest BCUT2D eigenvalue weighted by Gasteiger charge is 2.34. The molecule has 1 unspecified atom stereocenters. The Bertz CT molecular complexity index is 1170. The predicted molar refractivity (Wildman–Crippen MR) is 131 cm³/mol. The van der Waals surface area contributed by atoms with E-state index in [4.69, 9.17) is 14.6 Å². The summed E-state index contributed by atoms with van der Waals surface area (Å²) in [5, 5.41) is 21.3. The van der Waals surface area contributed by atoms with Crippen molar-refractivity contribution >= 4 is 34.7 Å². The first-order chi connectivity index (χ1) is 16.7. The molecule has 1 atom stereocenters. The van der Waals surface area contributed by atoms with Crippen LogP contribution < -0.4 is 9.47 Å². The highest BCUT2D eigenvalue weighted by Crippen LogP contribution is 2.38. The molecule has 1 fully saturated rings. The smallest absolute Gasteiger partial charge is 0.253 e. The van der Waals surface area contributed by atoms with Crippen LogP contribution in [0.15, 0.2) is 46.0 Å². The van der Waals surface area contributed by atoms with Gasteiger partial charge in [-0.2, -0.15) is 5.10 Å².